The quantitative estimate of drug-likeness (QED) is 0.765. The summed E-state index contributed by atoms with van der Waals surface area (Å²) in [6.45, 7) is 2.60. The minimum absolute atomic E-state index is 0.270. The summed E-state index contributed by atoms with van der Waals surface area (Å²) in [5, 5.41) is 7.28. The number of aromatic nitrogens is 4. The third-order valence-electron chi connectivity index (χ3n) is 1.50. The molecule has 2 rings (SSSR count). The van der Waals surface area contributed by atoms with E-state index in [1.807, 2.05) is 12.3 Å². The van der Waals surface area contributed by atoms with Crippen LogP contribution >= 0.6 is 22.9 Å². The molecule has 0 saturated carbocycles. The van der Waals surface area contributed by atoms with Crippen LogP contribution in [0.4, 0.5) is 0 Å². The Balaban J connectivity index is 2.14. The van der Waals surface area contributed by atoms with E-state index in [9.17, 15) is 0 Å². The van der Waals surface area contributed by atoms with Crippen LogP contribution in [0.2, 0.25) is 5.28 Å². The van der Waals surface area contributed by atoms with Gasteiger partial charge in [-0.25, -0.2) is 14.6 Å². The first-order valence-corrected chi connectivity index (χ1v) is 4.96. The Hall–Kier alpha value is -0.940. The highest BCUT2D eigenvalue weighted by Gasteiger charge is 2.01. The Kier molecular flexibility index (Phi) is 2.28. The zero-order valence-electron chi connectivity index (χ0n) is 6.94. The maximum absolute atomic E-state index is 5.57. The molecule has 2 heterocycles. The highest BCUT2D eigenvalue weighted by Crippen LogP contribution is 2.09. The van der Waals surface area contributed by atoms with Crippen molar-refractivity contribution in [2.75, 3.05) is 0 Å². The molecule has 68 valence electrons. The smallest absolute Gasteiger partial charge is 0.242 e. The molecule has 0 radical (unpaired) electrons. The van der Waals surface area contributed by atoms with Crippen molar-refractivity contribution in [2.24, 2.45) is 0 Å². The predicted octanol–water partition coefficient (Wildman–Crippen LogP) is 1.74. The lowest BCUT2D eigenvalue weighted by Crippen LogP contribution is -2.00. The van der Waals surface area contributed by atoms with Gasteiger partial charge in [0.05, 0.1) is 17.2 Å². The second kappa shape index (κ2) is 3.43. The van der Waals surface area contributed by atoms with Gasteiger partial charge in [-0.3, -0.25) is 0 Å². The van der Waals surface area contributed by atoms with Gasteiger partial charge in [-0.15, -0.1) is 16.4 Å². The van der Waals surface area contributed by atoms with E-state index in [2.05, 4.69) is 15.1 Å². The topological polar surface area (TPSA) is 43.6 Å². The Morgan fingerprint density at radius 2 is 2.46 bits per heavy atom. The fourth-order valence-corrected chi connectivity index (χ4v) is 1.74. The summed E-state index contributed by atoms with van der Waals surface area (Å²) in [7, 11) is 0. The Bertz CT molecular complexity index is 370. The molecule has 0 spiro atoms. The van der Waals surface area contributed by atoms with Gasteiger partial charge >= 0.3 is 0 Å². The van der Waals surface area contributed by atoms with Crippen LogP contribution in [0.1, 0.15) is 10.7 Å². The minimum atomic E-state index is 0.270. The summed E-state index contributed by atoms with van der Waals surface area (Å²) in [6, 6.07) is 0. The Morgan fingerprint density at radius 1 is 1.62 bits per heavy atom. The highest BCUT2D eigenvalue weighted by atomic mass is 35.5. The number of thiazole rings is 1. The zero-order chi connectivity index (χ0) is 9.26. The molecule has 0 amide bonds. The first-order chi connectivity index (χ1) is 6.24. The van der Waals surface area contributed by atoms with Gasteiger partial charge in [-0.05, 0) is 18.5 Å². The molecule has 0 saturated heterocycles. The zero-order valence-corrected chi connectivity index (χ0v) is 8.51. The van der Waals surface area contributed by atoms with Gasteiger partial charge in [0.25, 0.3) is 0 Å². The van der Waals surface area contributed by atoms with Gasteiger partial charge in [0.15, 0.2) is 0 Å². The fourth-order valence-electron chi connectivity index (χ4n) is 0.995. The van der Waals surface area contributed by atoms with Crippen molar-refractivity contribution in [1.29, 1.82) is 0 Å². The van der Waals surface area contributed by atoms with Crippen LogP contribution in [0.15, 0.2) is 11.7 Å². The molecule has 13 heavy (non-hydrogen) atoms. The van der Waals surface area contributed by atoms with Crippen molar-refractivity contribution in [3.63, 3.8) is 0 Å². The van der Waals surface area contributed by atoms with Gasteiger partial charge in [0.1, 0.15) is 6.33 Å². The number of aryl methyl sites for hydroxylation is 1. The molecule has 6 heteroatoms. The number of hydrogen-bond donors (Lipinski definition) is 0. The molecule has 2 aromatic rings. The normalized spacial score (nSPS) is 10.6. The molecule has 0 aromatic carbocycles. The molecule has 0 aliphatic heterocycles. The first-order valence-electron chi connectivity index (χ1n) is 3.70. The van der Waals surface area contributed by atoms with Crippen molar-refractivity contribution < 1.29 is 0 Å². The maximum atomic E-state index is 5.57. The highest BCUT2D eigenvalue weighted by molar-refractivity contribution is 7.09. The molecule has 2 aromatic heterocycles. The van der Waals surface area contributed by atoms with E-state index in [1.54, 1.807) is 22.3 Å². The molecule has 0 aliphatic rings. The molecule has 0 N–H and O–H groups in total. The lowest BCUT2D eigenvalue weighted by atomic mass is 10.5. The van der Waals surface area contributed by atoms with Crippen LogP contribution in [0.5, 0.6) is 0 Å². The van der Waals surface area contributed by atoms with Crippen LogP contribution in [0.25, 0.3) is 0 Å². The van der Waals surface area contributed by atoms with Crippen LogP contribution in [0, 0.1) is 6.92 Å². The van der Waals surface area contributed by atoms with Crippen LogP contribution in [0.3, 0.4) is 0 Å². The third-order valence-corrected chi connectivity index (χ3v) is 2.49. The first kappa shape index (κ1) is 8.65. The van der Waals surface area contributed by atoms with E-state index in [-0.39, 0.29) is 5.28 Å². The summed E-state index contributed by atoms with van der Waals surface area (Å²) in [5.41, 5.74) is 0.990. The molecule has 0 aliphatic carbocycles. The third kappa shape index (κ3) is 2.05. The monoisotopic (exact) mass is 214 g/mol. The van der Waals surface area contributed by atoms with Gasteiger partial charge in [0.2, 0.25) is 5.28 Å². The van der Waals surface area contributed by atoms with E-state index in [1.165, 1.54) is 0 Å². The standard InChI is InChI=1S/C7H7ClN4S/c1-5-10-6(3-13-5)2-12-4-9-7(8)11-12/h3-4H,2H2,1H3. The van der Waals surface area contributed by atoms with Gasteiger partial charge < -0.3 is 0 Å². The second-order valence-electron chi connectivity index (χ2n) is 2.57. The number of rotatable bonds is 2. The second-order valence-corrected chi connectivity index (χ2v) is 3.97. The average molecular weight is 215 g/mol. The molecular formula is C7H7ClN4S. The summed E-state index contributed by atoms with van der Waals surface area (Å²) in [4.78, 5) is 8.11. The van der Waals surface area contributed by atoms with Crippen molar-refractivity contribution in [3.05, 3.63) is 27.7 Å². The van der Waals surface area contributed by atoms with Crippen LogP contribution in [-0.4, -0.2) is 19.7 Å². The molecule has 0 atom stereocenters. The average Bonchev–Trinajstić information content (AvgIpc) is 2.62. The number of nitrogens with zero attached hydrogens (tertiary/aromatic N) is 4. The summed E-state index contributed by atoms with van der Waals surface area (Å²) >= 11 is 7.20. The number of hydrogen-bond acceptors (Lipinski definition) is 4. The van der Waals surface area contributed by atoms with E-state index in [0.717, 1.165) is 10.7 Å². The maximum Gasteiger partial charge on any atom is 0.242 e. The Labute approximate surface area is 84.2 Å². The molecule has 0 fully saturated rings. The van der Waals surface area contributed by atoms with Crippen molar-refractivity contribution in [1.82, 2.24) is 19.7 Å². The fraction of sp³-hybridized carbons (Fsp3) is 0.286. The van der Waals surface area contributed by atoms with E-state index >= 15 is 0 Å². The largest absolute Gasteiger partial charge is 0.245 e. The lowest BCUT2D eigenvalue weighted by molar-refractivity contribution is 0.673. The SMILES string of the molecule is Cc1nc(Cn2cnc(Cl)n2)cs1. The van der Waals surface area contributed by atoms with Gasteiger partial charge in [-0.1, -0.05) is 0 Å². The van der Waals surface area contributed by atoms with Crippen molar-refractivity contribution in [3.8, 4) is 0 Å². The summed E-state index contributed by atoms with van der Waals surface area (Å²) < 4.78 is 1.66. The van der Waals surface area contributed by atoms with Crippen LogP contribution < -0.4 is 0 Å². The van der Waals surface area contributed by atoms with Crippen LogP contribution in [-0.2, 0) is 6.54 Å². The van der Waals surface area contributed by atoms with Gasteiger partial charge in [-0.2, -0.15) is 0 Å². The number of halogens is 1. The van der Waals surface area contributed by atoms with E-state index in [0.29, 0.717) is 6.54 Å². The Morgan fingerprint density at radius 3 is 3.00 bits per heavy atom. The summed E-state index contributed by atoms with van der Waals surface area (Å²) in [6.07, 6.45) is 1.59. The van der Waals surface area contributed by atoms with Crippen molar-refractivity contribution in [2.45, 2.75) is 13.5 Å². The van der Waals surface area contributed by atoms with E-state index in [4.69, 9.17) is 11.6 Å². The molecule has 0 bridgehead atoms. The minimum Gasteiger partial charge on any atom is -0.245 e. The predicted molar refractivity (Wildman–Crippen MR) is 51.0 cm³/mol. The molecule has 0 unspecified atom stereocenters. The lowest BCUT2D eigenvalue weighted by Gasteiger charge is -1.94. The molecular weight excluding hydrogens is 208 g/mol. The summed E-state index contributed by atoms with van der Waals surface area (Å²) in [5.74, 6) is 0. The molecule has 4 nitrogen and oxygen atoms in total. The van der Waals surface area contributed by atoms with Crippen molar-refractivity contribution >= 4 is 22.9 Å². The van der Waals surface area contributed by atoms with E-state index < -0.39 is 0 Å². The van der Waals surface area contributed by atoms with Gasteiger partial charge in [0, 0.05) is 5.38 Å².